The monoisotopic (exact) mass is 310 g/mol. The Kier molecular flexibility index (Phi) is 5.32. The number of carbonyl (C=O) groups excluding carboxylic acids is 1. The fourth-order valence-electron chi connectivity index (χ4n) is 1.52. The molecule has 0 saturated heterocycles. The number of phenols is 1. The summed E-state index contributed by atoms with van der Waals surface area (Å²) in [4.78, 5) is 11.9. The minimum absolute atomic E-state index is 0.0804. The number of ether oxygens (including phenoxy) is 1. The number of nitriles is 3. The lowest BCUT2D eigenvalue weighted by Crippen LogP contribution is -2.23. The summed E-state index contributed by atoms with van der Waals surface area (Å²) in [6, 6.07) is 8.73. The fourth-order valence-corrected chi connectivity index (χ4v) is 1.52. The number of carbonyl (C=O) groups is 1. The van der Waals surface area contributed by atoms with Crippen molar-refractivity contribution in [2.45, 2.75) is 26.4 Å². The van der Waals surface area contributed by atoms with Gasteiger partial charge in [0.05, 0.1) is 11.3 Å². The molecule has 0 radical (unpaired) electrons. The first-order valence-electron chi connectivity index (χ1n) is 6.49. The van der Waals surface area contributed by atoms with E-state index in [0.29, 0.717) is 0 Å². The molecule has 0 aromatic heterocycles. The van der Waals surface area contributed by atoms with E-state index >= 15 is 0 Å². The van der Waals surface area contributed by atoms with Crippen LogP contribution in [0.15, 0.2) is 29.5 Å². The summed E-state index contributed by atoms with van der Waals surface area (Å²) in [7, 11) is 0. The van der Waals surface area contributed by atoms with Gasteiger partial charge in [-0.15, -0.1) is 0 Å². The van der Waals surface area contributed by atoms with E-state index in [1.54, 1.807) is 39.0 Å². The highest BCUT2D eigenvalue weighted by atomic mass is 16.6. The van der Waals surface area contributed by atoms with Crippen LogP contribution in [0, 0.1) is 34.0 Å². The van der Waals surface area contributed by atoms with Crippen molar-refractivity contribution in [1.29, 1.82) is 15.8 Å². The maximum Gasteiger partial charge on any atom is 0.338 e. The Balaban J connectivity index is 3.10. The molecule has 0 saturated carbocycles. The third-order valence-electron chi connectivity index (χ3n) is 2.48. The summed E-state index contributed by atoms with van der Waals surface area (Å²) < 4.78 is 5.18. The van der Waals surface area contributed by atoms with Gasteiger partial charge in [0.1, 0.15) is 35.3 Å². The van der Waals surface area contributed by atoms with Gasteiger partial charge >= 0.3 is 5.97 Å². The summed E-state index contributed by atoms with van der Waals surface area (Å²) in [5.41, 5.74) is -1.17. The second-order valence-electron chi connectivity index (χ2n) is 5.44. The average Bonchev–Trinajstić information content (AvgIpc) is 2.47. The second-order valence-corrected chi connectivity index (χ2v) is 5.44. The van der Waals surface area contributed by atoms with Crippen molar-refractivity contribution < 1.29 is 14.6 Å². The van der Waals surface area contributed by atoms with Crippen molar-refractivity contribution in [1.82, 2.24) is 0 Å². The highest BCUT2D eigenvalue weighted by Crippen LogP contribution is 2.27. The first-order valence-corrected chi connectivity index (χ1v) is 6.49. The molecule has 1 aromatic carbocycles. The van der Waals surface area contributed by atoms with E-state index in [1.165, 1.54) is 18.2 Å². The molecule has 0 aliphatic rings. The van der Waals surface area contributed by atoms with Crippen LogP contribution in [-0.2, 0) is 4.74 Å². The predicted octanol–water partition coefficient (Wildman–Crippen LogP) is 2.58. The summed E-state index contributed by atoms with van der Waals surface area (Å²) in [5, 5.41) is 38.9. The maximum atomic E-state index is 11.9. The molecule has 0 unspecified atom stereocenters. The summed E-state index contributed by atoms with van der Waals surface area (Å²) in [5.74, 6) is -0.929. The molecule has 2 N–H and O–H groups in total. The Morgan fingerprint density at radius 3 is 2.22 bits per heavy atom. The van der Waals surface area contributed by atoms with Crippen LogP contribution in [0.5, 0.6) is 5.75 Å². The average molecular weight is 310 g/mol. The highest BCUT2D eigenvalue weighted by Gasteiger charge is 2.19. The Hall–Kier alpha value is -3.50. The summed E-state index contributed by atoms with van der Waals surface area (Å²) in [6.45, 7) is 5.15. The van der Waals surface area contributed by atoms with Crippen LogP contribution in [0.2, 0.25) is 0 Å². The van der Waals surface area contributed by atoms with Crippen molar-refractivity contribution in [3.63, 3.8) is 0 Å². The van der Waals surface area contributed by atoms with Gasteiger partial charge in [0.2, 0.25) is 0 Å². The molecule has 0 fully saturated rings. The minimum atomic E-state index is -0.672. The van der Waals surface area contributed by atoms with E-state index in [4.69, 9.17) is 20.5 Å². The van der Waals surface area contributed by atoms with Crippen molar-refractivity contribution in [2.24, 2.45) is 0 Å². The highest BCUT2D eigenvalue weighted by molar-refractivity contribution is 5.91. The molecule has 0 spiro atoms. The molecule has 7 heteroatoms. The first kappa shape index (κ1) is 17.6. The molecular formula is C16H14N4O3. The van der Waals surface area contributed by atoms with E-state index in [2.05, 4.69) is 5.32 Å². The first-order chi connectivity index (χ1) is 10.7. The molecule has 0 aliphatic heterocycles. The number of nitrogens with zero attached hydrogens (tertiary/aromatic N) is 3. The number of esters is 1. The van der Waals surface area contributed by atoms with Crippen LogP contribution >= 0.6 is 0 Å². The molecule has 0 heterocycles. The third-order valence-corrected chi connectivity index (χ3v) is 2.48. The predicted molar refractivity (Wildman–Crippen MR) is 80.8 cm³/mol. The SMILES string of the molecule is CC(C)(C)OC(=O)c1ccc(NC(C#N)=C(C#N)C#N)c(O)c1. The lowest BCUT2D eigenvalue weighted by atomic mass is 10.1. The number of phenolic OH excluding ortho intramolecular Hbond substituents is 1. The molecule has 0 bridgehead atoms. The lowest BCUT2D eigenvalue weighted by molar-refractivity contribution is 0.00691. The Labute approximate surface area is 133 Å². The van der Waals surface area contributed by atoms with Gasteiger partial charge in [0.25, 0.3) is 0 Å². The van der Waals surface area contributed by atoms with Gasteiger partial charge in [-0.05, 0) is 39.0 Å². The minimum Gasteiger partial charge on any atom is -0.506 e. The van der Waals surface area contributed by atoms with Gasteiger partial charge in [-0.1, -0.05) is 0 Å². The number of nitrogens with one attached hydrogen (secondary N) is 1. The number of hydrogen-bond acceptors (Lipinski definition) is 7. The molecule has 23 heavy (non-hydrogen) atoms. The topological polar surface area (TPSA) is 130 Å². The smallest absolute Gasteiger partial charge is 0.338 e. The second kappa shape index (κ2) is 6.98. The Morgan fingerprint density at radius 2 is 1.78 bits per heavy atom. The molecule has 116 valence electrons. The number of anilines is 1. The molecule has 0 amide bonds. The van der Waals surface area contributed by atoms with Gasteiger partial charge in [-0.2, -0.15) is 15.8 Å². The van der Waals surface area contributed by atoms with E-state index in [-0.39, 0.29) is 22.7 Å². The standard InChI is InChI=1S/C16H14N4O3/c1-16(2,3)23-15(22)10-4-5-12(14(21)6-10)20-13(9-19)11(7-17)8-18/h4-6,20-21H,1-3H3. The van der Waals surface area contributed by atoms with Gasteiger partial charge in [-0.25, -0.2) is 4.79 Å². The number of benzene rings is 1. The molecule has 1 rings (SSSR count). The van der Waals surface area contributed by atoms with Crippen LogP contribution < -0.4 is 5.32 Å². The normalized spacial score (nSPS) is 9.74. The van der Waals surface area contributed by atoms with Gasteiger partial charge in [-0.3, -0.25) is 0 Å². The van der Waals surface area contributed by atoms with Crippen molar-refractivity contribution >= 4 is 11.7 Å². The molecule has 1 aromatic rings. The van der Waals surface area contributed by atoms with E-state index in [9.17, 15) is 9.90 Å². The summed E-state index contributed by atoms with van der Waals surface area (Å²) in [6.07, 6.45) is 0. The quantitative estimate of drug-likeness (QED) is 0.498. The number of hydrogen-bond donors (Lipinski definition) is 2. The van der Waals surface area contributed by atoms with E-state index in [0.717, 1.165) is 0 Å². The van der Waals surface area contributed by atoms with Crippen molar-refractivity contribution in [3.8, 4) is 24.0 Å². The fraction of sp³-hybridized carbons (Fsp3) is 0.250. The zero-order valence-corrected chi connectivity index (χ0v) is 12.8. The Morgan fingerprint density at radius 1 is 1.17 bits per heavy atom. The van der Waals surface area contributed by atoms with Gasteiger partial charge < -0.3 is 15.2 Å². The Bertz CT molecular complexity index is 768. The van der Waals surface area contributed by atoms with Crippen LogP contribution in [-0.4, -0.2) is 16.7 Å². The third kappa shape index (κ3) is 4.77. The van der Waals surface area contributed by atoms with Crippen LogP contribution in [0.3, 0.4) is 0 Å². The van der Waals surface area contributed by atoms with Crippen LogP contribution in [0.25, 0.3) is 0 Å². The molecule has 0 atom stereocenters. The number of rotatable bonds is 3. The molecule has 7 nitrogen and oxygen atoms in total. The molecular weight excluding hydrogens is 296 g/mol. The maximum absolute atomic E-state index is 11.9. The summed E-state index contributed by atoms with van der Waals surface area (Å²) >= 11 is 0. The largest absolute Gasteiger partial charge is 0.506 e. The number of allylic oxidation sites excluding steroid dienone is 2. The van der Waals surface area contributed by atoms with Crippen LogP contribution in [0.1, 0.15) is 31.1 Å². The lowest BCUT2D eigenvalue weighted by Gasteiger charge is -2.19. The van der Waals surface area contributed by atoms with Gasteiger partial charge in [0, 0.05) is 0 Å². The number of aromatic hydroxyl groups is 1. The van der Waals surface area contributed by atoms with E-state index in [1.807, 2.05) is 0 Å². The zero-order chi connectivity index (χ0) is 17.6. The van der Waals surface area contributed by atoms with Crippen molar-refractivity contribution in [2.75, 3.05) is 5.32 Å². The molecule has 0 aliphatic carbocycles. The van der Waals surface area contributed by atoms with E-state index < -0.39 is 17.1 Å². The van der Waals surface area contributed by atoms with Gasteiger partial charge in [0.15, 0.2) is 5.57 Å². The van der Waals surface area contributed by atoms with Crippen molar-refractivity contribution in [3.05, 3.63) is 35.0 Å². The zero-order valence-electron chi connectivity index (χ0n) is 12.8. The van der Waals surface area contributed by atoms with Crippen LogP contribution in [0.4, 0.5) is 5.69 Å².